The molecule has 0 amide bonds. The van der Waals surface area contributed by atoms with E-state index in [-0.39, 0.29) is 6.10 Å². The van der Waals surface area contributed by atoms with Crippen LogP contribution in [0.1, 0.15) is 40.0 Å². The van der Waals surface area contributed by atoms with Crippen molar-refractivity contribution in [2.24, 2.45) is 5.92 Å². The Labute approximate surface area is 80.7 Å². The number of carbonyl (C=O) groups excluding carboxylic acids is 1. The number of rotatable bonds is 6. The molecule has 0 radical (unpaired) electrons. The average molecular weight is 184 g/mol. The van der Waals surface area contributed by atoms with E-state index >= 15 is 0 Å². The summed E-state index contributed by atoms with van der Waals surface area (Å²) < 4.78 is 0. The van der Waals surface area contributed by atoms with Crippen LogP contribution in [0.3, 0.4) is 0 Å². The van der Waals surface area contributed by atoms with E-state index in [9.17, 15) is 9.90 Å². The lowest BCUT2D eigenvalue weighted by molar-refractivity contribution is -0.104. The zero-order chi connectivity index (χ0) is 10.3. The van der Waals surface area contributed by atoms with Crippen molar-refractivity contribution in [3.05, 3.63) is 11.6 Å². The van der Waals surface area contributed by atoms with Gasteiger partial charge in [-0.15, -0.1) is 0 Å². The third-order valence-corrected chi connectivity index (χ3v) is 1.99. The quantitative estimate of drug-likeness (QED) is 0.508. The summed E-state index contributed by atoms with van der Waals surface area (Å²) >= 11 is 0. The highest BCUT2D eigenvalue weighted by molar-refractivity contribution is 5.65. The van der Waals surface area contributed by atoms with Crippen LogP contribution in [0.15, 0.2) is 11.6 Å². The monoisotopic (exact) mass is 184 g/mol. The Morgan fingerprint density at radius 2 is 2.00 bits per heavy atom. The lowest BCUT2D eigenvalue weighted by Crippen LogP contribution is -2.08. The molecular weight excluding hydrogens is 164 g/mol. The molecule has 0 aliphatic heterocycles. The molecule has 0 saturated heterocycles. The molecule has 0 aromatic rings. The lowest BCUT2D eigenvalue weighted by atomic mass is 10.0. The number of allylic oxidation sites excluding steroid dienone is 1. The zero-order valence-electron chi connectivity index (χ0n) is 8.79. The van der Waals surface area contributed by atoms with Crippen molar-refractivity contribution < 1.29 is 9.90 Å². The Balaban J connectivity index is 3.67. The van der Waals surface area contributed by atoms with E-state index in [0.717, 1.165) is 24.7 Å². The minimum absolute atomic E-state index is 0.293. The van der Waals surface area contributed by atoms with Crippen LogP contribution in [0.5, 0.6) is 0 Å². The topological polar surface area (TPSA) is 37.3 Å². The number of aliphatic hydroxyl groups is 1. The van der Waals surface area contributed by atoms with Crippen molar-refractivity contribution in [1.82, 2.24) is 0 Å². The molecule has 0 spiro atoms. The Hall–Kier alpha value is -0.630. The Bertz CT molecular complexity index is 171. The summed E-state index contributed by atoms with van der Waals surface area (Å²) in [5.74, 6) is 0.630. The molecule has 13 heavy (non-hydrogen) atoms. The highest BCUT2D eigenvalue weighted by atomic mass is 16.3. The van der Waals surface area contributed by atoms with Gasteiger partial charge in [-0.2, -0.15) is 0 Å². The first-order valence-corrected chi connectivity index (χ1v) is 4.85. The molecule has 1 N–H and O–H groups in total. The average Bonchev–Trinajstić information content (AvgIpc) is 2.01. The number of hydrogen-bond donors (Lipinski definition) is 1. The van der Waals surface area contributed by atoms with E-state index < -0.39 is 0 Å². The number of aldehydes is 1. The molecule has 0 bridgehead atoms. The summed E-state index contributed by atoms with van der Waals surface area (Å²) in [7, 11) is 0. The third kappa shape index (κ3) is 7.72. The maximum atomic E-state index is 10.1. The van der Waals surface area contributed by atoms with Gasteiger partial charge >= 0.3 is 0 Å². The van der Waals surface area contributed by atoms with Gasteiger partial charge in [0.1, 0.15) is 6.29 Å². The molecule has 0 aromatic heterocycles. The molecule has 0 aliphatic carbocycles. The first-order valence-electron chi connectivity index (χ1n) is 4.85. The highest BCUT2D eigenvalue weighted by Gasteiger charge is 2.05. The van der Waals surface area contributed by atoms with Crippen LogP contribution in [0.4, 0.5) is 0 Å². The molecule has 0 aromatic carbocycles. The molecular formula is C11H20O2. The van der Waals surface area contributed by atoms with Crippen molar-refractivity contribution >= 4 is 6.29 Å². The maximum Gasteiger partial charge on any atom is 0.142 e. The van der Waals surface area contributed by atoms with Gasteiger partial charge in [0.2, 0.25) is 0 Å². The van der Waals surface area contributed by atoms with Crippen LogP contribution >= 0.6 is 0 Å². The maximum absolute atomic E-state index is 10.1. The summed E-state index contributed by atoms with van der Waals surface area (Å²) in [6.45, 7) is 6.15. The van der Waals surface area contributed by atoms with E-state index in [4.69, 9.17) is 0 Å². The summed E-state index contributed by atoms with van der Waals surface area (Å²) in [6, 6.07) is 0. The number of aliphatic hydroxyl groups excluding tert-OH is 1. The van der Waals surface area contributed by atoms with Crippen molar-refractivity contribution in [1.29, 1.82) is 0 Å². The second kappa shape index (κ2) is 6.84. The van der Waals surface area contributed by atoms with E-state index in [0.29, 0.717) is 12.3 Å². The minimum atomic E-state index is -0.293. The molecule has 0 saturated carbocycles. The fourth-order valence-corrected chi connectivity index (χ4v) is 1.18. The lowest BCUT2D eigenvalue weighted by Gasteiger charge is -2.11. The van der Waals surface area contributed by atoms with Crippen molar-refractivity contribution in [2.75, 3.05) is 0 Å². The van der Waals surface area contributed by atoms with Crippen LogP contribution in [-0.4, -0.2) is 17.5 Å². The van der Waals surface area contributed by atoms with Gasteiger partial charge in [0.05, 0.1) is 6.10 Å². The van der Waals surface area contributed by atoms with Gasteiger partial charge in [0.15, 0.2) is 0 Å². The molecule has 0 rings (SSSR count). The Morgan fingerprint density at radius 1 is 1.38 bits per heavy atom. The molecule has 0 fully saturated rings. The summed E-state index contributed by atoms with van der Waals surface area (Å²) in [6.07, 6.45) is 4.46. The molecule has 2 heteroatoms. The highest BCUT2D eigenvalue weighted by Crippen LogP contribution is 2.12. The normalized spacial score (nSPS) is 14.7. The van der Waals surface area contributed by atoms with Crippen molar-refractivity contribution in [3.63, 3.8) is 0 Å². The predicted molar refractivity (Wildman–Crippen MR) is 54.5 cm³/mol. The van der Waals surface area contributed by atoms with E-state index in [1.807, 2.05) is 6.92 Å². The number of hydrogen-bond acceptors (Lipinski definition) is 2. The summed E-state index contributed by atoms with van der Waals surface area (Å²) in [4.78, 5) is 10.1. The smallest absolute Gasteiger partial charge is 0.142 e. The SMILES string of the molecule is CC(=CC=O)CC(O)CCC(C)C. The van der Waals surface area contributed by atoms with E-state index in [1.54, 1.807) is 0 Å². The van der Waals surface area contributed by atoms with E-state index in [1.165, 1.54) is 6.08 Å². The van der Waals surface area contributed by atoms with Crippen LogP contribution in [0, 0.1) is 5.92 Å². The van der Waals surface area contributed by atoms with Gasteiger partial charge in [-0.05, 0) is 38.2 Å². The molecule has 0 heterocycles. The second-order valence-electron chi connectivity index (χ2n) is 3.98. The van der Waals surface area contributed by atoms with Gasteiger partial charge in [0.25, 0.3) is 0 Å². The van der Waals surface area contributed by atoms with Crippen molar-refractivity contribution in [3.8, 4) is 0 Å². The van der Waals surface area contributed by atoms with Crippen LogP contribution in [-0.2, 0) is 4.79 Å². The largest absolute Gasteiger partial charge is 0.393 e. The predicted octanol–water partition coefficient (Wildman–Crippen LogP) is 2.32. The van der Waals surface area contributed by atoms with Crippen molar-refractivity contribution in [2.45, 2.75) is 46.1 Å². The van der Waals surface area contributed by atoms with Gasteiger partial charge in [-0.1, -0.05) is 19.4 Å². The Kier molecular flexibility index (Phi) is 6.51. The Morgan fingerprint density at radius 3 is 2.46 bits per heavy atom. The molecule has 1 unspecified atom stereocenters. The van der Waals surface area contributed by atoms with Crippen LogP contribution in [0.2, 0.25) is 0 Å². The molecule has 0 aliphatic rings. The van der Waals surface area contributed by atoms with Gasteiger partial charge in [-0.3, -0.25) is 4.79 Å². The third-order valence-electron chi connectivity index (χ3n) is 1.99. The number of carbonyl (C=O) groups is 1. The zero-order valence-corrected chi connectivity index (χ0v) is 8.79. The standard InChI is InChI=1S/C11H20O2/c1-9(2)4-5-11(13)8-10(3)6-7-12/h6-7,9,11,13H,4-5,8H2,1-3H3. The van der Waals surface area contributed by atoms with Gasteiger partial charge < -0.3 is 5.11 Å². The van der Waals surface area contributed by atoms with Gasteiger partial charge in [-0.25, -0.2) is 0 Å². The molecule has 76 valence electrons. The first-order chi connectivity index (χ1) is 6.06. The van der Waals surface area contributed by atoms with Crippen LogP contribution < -0.4 is 0 Å². The van der Waals surface area contributed by atoms with Gasteiger partial charge in [0, 0.05) is 0 Å². The fraction of sp³-hybridized carbons (Fsp3) is 0.727. The molecule has 1 atom stereocenters. The first kappa shape index (κ1) is 12.4. The van der Waals surface area contributed by atoms with Crippen LogP contribution in [0.25, 0.3) is 0 Å². The fourth-order valence-electron chi connectivity index (χ4n) is 1.18. The molecule has 2 nitrogen and oxygen atoms in total. The summed E-state index contributed by atoms with van der Waals surface area (Å²) in [5, 5.41) is 9.54. The second-order valence-corrected chi connectivity index (χ2v) is 3.98. The van der Waals surface area contributed by atoms with E-state index in [2.05, 4.69) is 13.8 Å². The minimum Gasteiger partial charge on any atom is -0.393 e. The summed E-state index contributed by atoms with van der Waals surface area (Å²) in [5.41, 5.74) is 0.950.